The van der Waals surface area contributed by atoms with Crippen molar-refractivity contribution in [2.45, 2.75) is 32.7 Å². The third-order valence-electron chi connectivity index (χ3n) is 3.25. The highest BCUT2D eigenvalue weighted by atomic mass is 32.1. The van der Waals surface area contributed by atoms with Crippen LogP contribution in [0, 0.1) is 6.92 Å². The van der Waals surface area contributed by atoms with E-state index in [1.54, 1.807) is 0 Å². The standard InChI is InChI=1S/C13H15F3N2O4S/c1-7-8(5-19)23-11-9(7)10(20)18(6-13(14,15)16)12(21)17(11)3-4-22-2/h19H,3-6H2,1-2H3/i5D2. The quantitative estimate of drug-likeness (QED) is 0.877. The number of hydrogen-bond acceptors (Lipinski definition) is 5. The largest absolute Gasteiger partial charge is 0.406 e. The fraction of sp³-hybridized carbons (Fsp3) is 0.538. The summed E-state index contributed by atoms with van der Waals surface area (Å²) in [6.07, 6.45) is -4.78. The van der Waals surface area contributed by atoms with Crippen molar-refractivity contribution >= 4 is 21.6 Å². The van der Waals surface area contributed by atoms with Gasteiger partial charge in [-0.2, -0.15) is 13.2 Å². The normalized spacial score (nSPS) is 14.2. The molecule has 0 saturated heterocycles. The topological polar surface area (TPSA) is 73.5 Å². The summed E-state index contributed by atoms with van der Waals surface area (Å²) >= 11 is 0.651. The van der Waals surface area contributed by atoms with E-state index in [4.69, 9.17) is 7.48 Å². The number of rotatable bonds is 5. The summed E-state index contributed by atoms with van der Waals surface area (Å²) in [4.78, 5) is 24.6. The number of ether oxygens (including phenoxy) is 1. The van der Waals surface area contributed by atoms with Gasteiger partial charge in [-0.15, -0.1) is 11.3 Å². The molecule has 0 amide bonds. The Bertz CT molecular complexity index is 912. The molecule has 1 N–H and O–H groups in total. The molecule has 2 aromatic rings. The number of nitrogens with zero attached hydrogens (tertiary/aromatic N) is 2. The molecule has 0 saturated carbocycles. The van der Waals surface area contributed by atoms with Gasteiger partial charge in [0.1, 0.15) is 11.4 Å². The number of aryl methyl sites for hydroxylation is 1. The molecule has 128 valence electrons. The van der Waals surface area contributed by atoms with E-state index in [-0.39, 0.29) is 38.4 Å². The summed E-state index contributed by atoms with van der Waals surface area (Å²) < 4.78 is 58.9. The third-order valence-corrected chi connectivity index (χ3v) is 4.47. The van der Waals surface area contributed by atoms with Gasteiger partial charge in [-0.25, -0.2) is 4.79 Å². The van der Waals surface area contributed by atoms with Gasteiger partial charge >= 0.3 is 11.9 Å². The smallest absolute Gasteiger partial charge is 0.391 e. The molecule has 0 aliphatic carbocycles. The molecule has 2 heterocycles. The zero-order valence-electron chi connectivity index (χ0n) is 14.2. The Morgan fingerprint density at radius 1 is 1.35 bits per heavy atom. The van der Waals surface area contributed by atoms with Crippen molar-refractivity contribution < 1.29 is 25.8 Å². The minimum absolute atomic E-state index is 0.000378. The van der Waals surface area contributed by atoms with Crippen molar-refractivity contribution in [3.05, 3.63) is 31.3 Å². The lowest BCUT2D eigenvalue weighted by molar-refractivity contribution is -0.141. The van der Waals surface area contributed by atoms with Gasteiger partial charge in [0.15, 0.2) is 0 Å². The molecular weight excluding hydrogens is 337 g/mol. The van der Waals surface area contributed by atoms with Gasteiger partial charge in [0, 0.05) is 12.0 Å². The first kappa shape index (κ1) is 14.9. The second kappa shape index (κ2) is 6.46. The molecule has 2 aromatic heterocycles. The van der Waals surface area contributed by atoms with Gasteiger partial charge < -0.3 is 9.84 Å². The van der Waals surface area contributed by atoms with Gasteiger partial charge in [-0.3, -0.25) is 13.9 Å². The number of halogens is 3. The van der Waals surface area contributed by atoms with Gasteiger partial charge in [-0.05, 0) is 12.5 Å². The lowest BCUT2D eigenvalue weighted by Crippen LogP contribution is -2.43. The number of thiophene rings is 1. The lowest BCUT2D eigenvalue weighted by atomic mass is 10.2. The van der Waals surface area contributed by atoms with Crippen LogP contribution in [0.1, 0.15) is 13.2 Å². The van der Waals surface area contributed by atoms with Gasteiger partial charge in [0.05, 0.1) is 27.8 Å². The van der Waals surface area contributed by atoms with Crippen molar-refractivity contribution in [2.75, 3.05) is 13.7 Å². The Labute approximate surface area is 135 Å². The Kier molecular flexibility index (Phi) is 4.19. The summed E-state index contributed by atoms with van der Waals surface area (Å²) in [6.45, 7) is -3.37. The van der Waals surface area contributed by atoms with E-state index in [0.717, 1.165) is 4.57 Å². The van der Waals surface area contributed by atoms with Crippen molar-refractivity contribution in [1.29, 1.82) is 0 Å². The molecular formula is C13H15F3N2O4S. The molecule has 0 spiro atoms. The predicted molar refractivity (Wildman–Crippen MR) is 78.9 cm³/mol. The van der Waals surface area contributed by atoms with Crippen LogP contribution in [0.3, 0.4) is 0 Å². The molecule has 0 atom stereocenters. The molecule has 0 bridgehead atoms. The van der Waals surface area contributed by atoms with E-state index >= 15 is 0 Å². The van der Waals surface area contributed by atoms with Crippen LogP contribution in [0.4, 0.5) is 13.2 Å². The van der Waals surface area contributed by atoms with E-state index in [2.05, 4.69) is 0 Å². The molecule has 0 radical (unpaired) electrons. The van der Waals surface area contributed by atoms with E-state index < -0.39 is 30.5 Å². The summed E-state index contributed by atoms with van der Waals surface area (Å²) in [6, 6.07) is 0. The van der Waals surface area contributed by atoms with E-state index in [1.165, 1.54) is 14.0 Å². The fourth-order valence-electron chi connectivity index (χ4n) is 2.20. The van der Waals surface area contributed by atoms with E-state index in [0.29, 0.717) is 11.3 Å². The molecule has 0 fully saturated rings. The SMILES string of the molecule is [2H]C([2H])(O)c1sc2c(c1C)c(=O)n(CC(F)(F)F)c(=O)n2CCOC. The number of hydrogen-bond donors (Lipinski definition) is 1. The maximum absolute atomic E-state index is 12.8. The maximum Gasteiger partial charge on any atom is 0.406 e. The molecule has 6 nitrogen and oxygen atoms in total. The highest BCUT2D eigenvalue weighted by molar-refractivity contribution is 7.18. The van der Waals surface area contributed by atoms with Gasteiger partial charge in [-0.1, -0.05) is 0 Å². The number of methoxy groups -OCH3 is 1. The Morgan fingerprint density at radius 2 is 2.00 bits per heavy atom. The molecule has 10 heteroatoms. The monoisotopic (exact) mass is 354 g/mol. The third kappa shape index (κ3) is 3.33. The van der Waals surface area contributed by atoms with Crippen LogP contribution >= 0.6 is 11.3 Å². The van der Waals surface area contributed by atoms with Crippen molar-refractivity contribution in [3.63, 3.8) is 0 Å². The van der Waals surface area contributed by atoms with Crippen LogP contribution in [0.15, 0.2) is 9.59 Å². The van der Waals surface area contributed by atoms with Crippen LogP contribution in [0.2, 0.25) is 0 Å². The van der Waals surface area contributed by atoms with Crippen molar-refractivity contribution in [3.8, 4) is 0 Å². The first-order valence-corrected chi connectivity index (χ1v) is 7.25. The summed E-state index contributed by atoms with van der Waals surface area (Å²) in [7, 11) is 1.34. The number of aromatic nitrogens is 2. The highest BCUT2D eigenvalue weighted by Gasteiger charge is 2.31. The second-order valence-corrected chi connectivity index (χ2v) is 5.78. The molecule has 23 heavy (non-hydrogen) atoms. The number of aliphatic hydroxyl groups is 1. The number of fused-ring (bicyclic) bond motifs is 1. The van der Waals surface area contributed by atoms with Crippen LogP contribution in [-0.2, 0) is 24.4 Å². The van der Waals surface area contributed by atoms with E-state index in [9.17, 15) is 27.9 Å². The maximum atomic E-state index is 12.8. The Hall–Kier alpha value is -1.65. The average molecular weight is 354 g/mol. The van der Waals surface area contributed by atoms with Gasteiger partial charge in [0.25, 0.3) is 5.56 Å². The van der Waals surface area contributed by atoms with Crippen molar-refractivity contribution in [1.82, 2.24) is 9.13 Å². The highest BCUT2D eigenvalue weighted by Crippen LogP contribution is 2.28. The van der Waals surface area contributed by atoms with Crippen LogP contribution in [0.5, 0.6) is 0 Å². The summed E-state index contributed by atoms with van der Waals surface area (Å²) in [5.41, 5.74) is -2.34. The Balaban J connectivity index is 2.91. The predicted octanol–water partition coefficient (Wildman–Crippen LogP) is 1.23. The molecule has 0 unspecified atom stereocenters. The molecule has 2 rings (SSSR count). The average Bonchev–Trinajstić information content (AvgIpc) is 2.80. The lowest BCUT2D eigenvalue weighted by Gasteiger charge is -2.13. The fourth-order valence-corrected chi connectivity index (χ4v) is 3.32. The first-order valence-electron chi connectivity index (χ1n) is 7.43. The molecule has 0 aromatic carbocycles. The number of alkyl halides is 3. The van der Waals surface area contributed by atoms with E-state index in [1.807, 2.05) is 0 Å². The first-order chi connectivity index (χ1) is 11.4. The zero-order valence-corrected chi connectivity index (χ0v) is 13.0. The second-order valence-electron chi connectivity index (χ2n) is 4.78. The zero-order chi connectivity index (χ0) is 19.2. The van der Waals surface area contributed by atoms with Crippen LogP contribution in [0.25, 0.3) is 10.2 Å². The summed E-state index contributed by atoms with van der Waals surface area (Å²) in [5.74, 6) is 0. The minimum atomic E-state index is -4.78. The van der Waals surface area contributed by atoms with Crippen molar-refractivity contribution in [2.24, 2.45) is 0 Å². The molecule has 0 aliphatic rings. The van der Waals surface area contributed by atoms with Crippen LogP contribution in [-0.4, -0.2) is 34.1 Å². The summed E-state index contributed by atoms with van der Waals surface area (Å²) in [5, 5.41) is 9.37. The molecule has 0 aliphatic heterocycles. The minimum Gasteiger partial charge on any atom is -0.391 e. The van der Waals surface area contributed by atoms with Crippen LogP contribution < -0.4 is 11.2 Å². The Morgan fingerprint density at radius 3 is 2.52 bits per heavy atom. The van der Waals surface area contributed by atoms with Gasteiger partial charge in [0.2, 0.25) is 0 Å².